The van der Waals surface area contributed by atoms with Crippen molar-refractivity contribution < 1.29 is 14.3 Å². The molecule has 3 nitrogen and oxygen atoms in total. The summed E-state index contributed by atoms with van der Waals surface area (Å²) in [6.45, 7) is 4.09. The lowest BCUT2D eigenvalue weighted by atomic mass is 9.76. The van der Waals surface area contributed by atoms with E-state index in [-0.39, 0.29) is 5.82 Å². The molecule has 1 heterocycles. The number of hydrogen-bond acceptors (Lipinski definition) is 2. The monoisotopic (exact) mass is 279 g/mol. The van der Waals surface area contributed by atoms with Crippen LogP contribution in [0.4, 0.5) is 4.39 Å². The quantitative estimate of drug-likeness (QED) is 0.899. The van der Waals surface area contributed by atoms with Crippen molar-refractivity contribution >= 4 is 5.97 Å². The molecule has 0 bridgehead atoms. The van der Waals surface area contributed by atoms with Crippen LogP contribution in [0.3, 0.4) is 0 Å². The molecular formula is C16H22FNO2. The van der Waals surface area contributed by atoms with Crippen LogP contribution in [0, 0.1) is 11.2 Å². The van der Waals surface area contributed by atoms with E-state index >= 15 is 0 Å². The van der Waals surface area contributed by atoms with Gasteiger partial charge in [0.2, 0.25) is 0 Å². The lowest BCUT2D eigenvalue weighted by molar-refractivity contribution is -0.153. The van der Waals surface area contributed by atoms with E-state index in [2.05, 4.69) is 4.90 Å². The van der Waals surface area contributed by atoms with Gasteiger partial charge < -0.3 is 5.11 Å². The van der Waals surface area contributed by atoms with Gasteiger partial charge in [0.25, 0.3) is 0 Å². The van der Waals surface area contributed by atoms with Crippen LogP contribution in [0.1, 0.15) is 38.2 Å². The number of likely N-dealkylation sites (tertiary alicyclic amines) is 1. The molecule has 1 aliphatic rings. The number of halogens is 1. The zero-order valence-corrected chi connectivity index (χ0v) is 11.9. The Labute approximate surface area is 119 Å². The smallest absolute Gasteiger partial charge is 0.310 e. The predicted molar refractivity (Wildman–Crippen MR) is 75.9 cm³/mol. The molecule has 1 saturated heterocycles. The van der Waals surface area contributed by atoms with Crippen LogP contribution in [-0.2, 0) is 11.3 Å². The third-order valence-electron chi connectivity index (χ3n) is 4.13. The van der Waals surface area contributed by atoms with Crippen LogP contribution in [0.5, 0.6) is 0 Å². The summed E-state index contributed by atoms with van der Waals surface area (Å²) in [6.07, 6.45) is 3.22. The lowest BCUT2D eigenvalue weighted by Gasteiger charge is -2.40. The molecule has 1 fully saturated rings. The third kappa shape index (κ3) is 3.37. The summed E-state index contributed by atoms with van der Waals surface area (Å²) in [5.41, 5.74) is 0.281. The van der Waals surface area contributed by atoms with Gasteiger partial charge in [-0.3, -0.25) is 9.69 Å². The van der Waals surface area contributed by atoms with E-state index < -0.39 is 11.4 Å². The van der Waals surface area contributed by atoms with Crippen molar-refractivity contribution in [2.45, 2.75) is 39.2 Å². The Morgan fingerprint density at radius 2 is 2.30 bits per heavy atom. The zero-order valence-electron chi connectivity index (χ0n) is 11.9. The second kappa shape index (κ2) is 6.35. The normalized spacial score (nSPS) is 23.7. The Kier molecular flexibility index (Phi) is 4.76. The van der Waals surface area contributed by atoms with Gasteiger partial charge in [-0.25, -0.2) is 4.39 Å². The van der Waals surface area contributed by atoms with Gasteiger partial charge in [-0.2, -0.15) is 0 Å². The Bertz CT molecular complexity index is 473. The lowest BCUT2D eigenvalue weighted by Crippen LogP contribution is -2.47. The maximum atomic E-state index is 13.2. The van der Waals surface area contributed by atoms with Crippen LogP contribution in [-0.4, -0.2) is 29.1 Å². The number of hydrogen-bond donors (Lipinski definition) is 1. The number of aliphatic carboxylic acids is 1. The second-order valence-electron chi connectivity index (χ2n) is 5.78. The van der Waals surface area contributed by atoms with E-state index in [0.29, 0.717) is 19.5 Å². The first-order valence-corrected chi connectivity index (χ1v) is 7.26. The van der Waals surface area contributed by atoms with Gasteiger partial charge in [0.1, 0.15) is 5.82 Å². The van der Waals surface area contributed by atoms with Crippen LogP contribution in [0.2, 0.25) is 0 Å². The summed E-state index contributed by atoms with van der Waals surface area (Å²) in [7, 11) is 0. The number of piperidine rings is 1. The third-order valence-corrected chi connectivity index (χ3v) is 4.13. The highest BCUT2D eigenvalue weighted by molar-refractivity contribution is 5.75. The van der Waals surface area contributed by atoms with Crippen molar-refractivity contribution in [2.24, 2.45) is 5.41 Å². The molecule has 2 rings (SSSR count). The summed E-state index contributed by atoms with van der Waals surface area (Å²) in [5.74, 6) is -0.930. The Morgan fingerprint density at radius 3 is 2.95 bits per heavy atom. The fourth-order valence-corrected chi connectivity index (χ4v) is 3.22. The Balaban J connectivity index is 2.08. The first-order chi connectivity index (χ1) is 9.55. The first kappa shape index (κ1) is 15.0. The highest BCUT2D eigenvalue weighted by Crippen LogP contribution is 2.35. The highest BCUT2D eigenvalue weighted by Gasteiger charge is 2.41. The summed E-state index contributed by atoms with van der Waals surface area (Å²) in [5, 5.41) is 9.56. The van der Waals surface area contributed by atoms with Crippen LogP contribution in [0.15, 0.2) is 24.3 Å². The second-order valence-corrected chi connectivity index (χ2v) is 5.78. The molecule has 1 N–H and O–H groups in total. The molecule has 1 atom stereocenters. The summed E-state index contributed by atoms with van der Waals surface area (Å²) in [6, 6.07) is 6.54. The molecule has 0 aliphatic carbocycles. The van der Waals surface area contributed by atoms with Crippen LogP contribution < -0.4 is 0 Å². The molecule has 1 unspecified atom stereocenters. The van der Waals surface area contributed by atoms with Crippen molar-refractivity contribution in [3.8, 4) is 0 Å². The van der Waals surface area contributed by atoms with Crippen molar-refractivity contribution in [1.29, 1.82) is 0 Å². The van der Waals surface area contributed by atoms with Gasteiger partial charge in [-0.15, -0.1) is 0 Å². The van der Waals surface area contributed by atoms with E-state index in [9.17, 15) is 14.3 Å². The fraction of sp³-hybridized carbons (Fsp3) is 0.562. The standard InChI is InChI=1S/C16H22FNO2/c1-2-7-16(15(19)20)8-4-9-18(12-16)11-13-5-3-6-14(17)10-13/h3,5-6,10H,2,4,7-9,11-12H2,1H3,(H,19,20). The van der Waals surface area contributed by atoms with E-state index in [4.69, 9.17) is 0 Å². The maximum Gasteiger partial charge on any atom is 0.310 e. The highest BCUT2D eigenvalue weighted by atomic mass is 19.1. The number of carboxylic acid groups (broad SMARTS) is 1. The van der Waals surface area contributed by atoms with E-state index in [0.717, 1.165) is 31.4 Å². The first-order valence-electron chi connectivity index (χ1n) is 7.26. The minimum Gasteiger partial charge on any atom is -0.481 e. The molecule has 4 heteroatoms. The maximum absolute atomic E-state index is 13.2. The topological polar surface area (TPSA) is 40.5 Å². The van der Waals surface area contributed by atoms with E-state index in [1.165, 1.54) is 12.1 Å². The van der Waals surface area contributed by atoms with Crippen molar-refractivity contribution in [3.05, 3.63) is 35.6 Å². The molecule has 0 spiro atoms. The number of carboxylic acids is 1. The van der Waals surface area contributed by atoms with Crippen LogP contribution >= 0.6 is 0 Å². The summed E-state index contributed by atoms with van der Waals surface area (Å²) < 4.78 is 13.2. The number of rotatable bonds is 5. The minimum atomic E-state index is -0.691. The number of carbonyl (C=O) groups is 1. The Morgan fingerprint density at radius 1 is 1.50 bits per heavy atom. The molecule has 20 heavy (non-hydrogen) atoms. The minimum absolute atomic E-state index is 0.238. The molecule has 1 aromatic rings. The molecule has 1 aromatic carbocycles. The van der Waals surface area contributed by atoms with Gasteiger partial charge in [0.15, 0.2) is 0 Å². The van der Waals surface area contributed by atoms with Crippen LogP contribution in [0.25, 0.3) is 0 Å². The van der Waals surface area contributed by atoms with E-state index in [1.54, 1.807) is 6.07 Å². The average Bonchev–Trinajstić information content (AvgIpc) is 2.39. The van der Waals surface area contributed by atoms with Crippen molar-refractivity contribution in [3.63, 3.8) is 0 Å². The van der Waals surface area contributed by atoms with Gasteiger partial charge in [-0.1, -0.05) is 25.5 Å². The summed E-state index contributed by atoms with van der Waals surface area (Å²) in [4.78, 5) is 13.8. The molecule has 0 aromatic heterocycles. The molecule has 110 valence electrons. The SMILES string of the molecule is CCCC1(C(=O)O)CCCN(Cc2cccc(F)c2)C1. The Hall–Kier alpha value is -1.42. The largest absolute Gasteiger partial charge is 0.481 e. The number of benzene rings is 1. The molecule has 0 amide bonds. The molecule has 0 saturated carbocycles. The zero-order chi connectivity index (χ0) is 14.6. The van der Waals surface area contributed by atoms with Crippen molar-refractivity contribution in [1.82, 2.24) is 4.90 Å². The molecule has 0 radical (unpaired) electrons. The van der Waals surface area contributed by atoms with Gasteiger partial charge in [0, 0.05) is 13.1 Å². The molecular weight excluding hydrogens is 257 g/mol. The van der Waals surface area contributed by atoms with E-state index in [1.807, 2.05) is 13.0 Å². The average molecular weight is 279 g/mol. The fourth-order valence-electron chi connectivity index (χ4n) is 3.22. The van der Waals surface area contributed by atoms with Gasteiger partial charge in [-0.05, 0) is 43.5 Å². The molecule has 1 aliphatic heterocycles. The summed E-state index contributed by atoms with van der Waals surface area (Å²) >= 11 is 0. The van der Waals surface area contributed by atoms with Gasteiger partial charge in [0.05, 0.1) is 5.41 Å². The van der Waals surface area contributed by atoms with Gasteiger partial charge >= 0.3 is 5.97 Å². The number of nitrogens with zero attached hydrogens (tertiary/aromatic N) is 1. The predicted octanol–water partition coefficient (Wildman–Crippen LogP) is 3.29. The van der Waals surface area contributed by atoms with Crippen molar-refractivity contribution in [2.75, 3.05) is 13.1 Å².